The molecule has 1 N–H and O–H groups in total. The number of carbonyl (C=O) groups is 1. The van der Waals surface area contributed by atoms with Crippen LogP contribution in [0.15, 0.2) is 12.1 Å². The fourth-order valence-corrected chi connectivity index (χ4v) is 1.78. The van der Waals surface area contributed by atoms with Gasteiger partial charge < -0.3 is 5.32 Å². The van der Waals surface area contributed by atoms with E-state index in [9.17, 15) is 18.0 Å². The van der Waals surface area contributed by atoms with Gasteiger partial charge in [-0.15, -0.1) is 0 Å². The van der Waals surface area contributed by atoms with E-state index in [1.807, 2.05) is 0 Å². The number of alkyl halides is 1. The Balaban J connectivity index is 2.52. The lowest BCUT2D eigenvalue weighted by Gasteiger charge is -2.05. The molecule has 0 aromatic heterocycles. The number of amides is 1. The predicted molar refractivity (Wildman–Crippen MR) is 66.3 cm³/mol. The Bertz CT molecular complexity index is 403. The third-order valence-corrected chi connectivity index (χ3v) is 2.90. The van der Waals surface area contributed by atoms with E-state index in [1.54, 1.807) is 0 Å². The molecule has 0 heterocycles. The van der Waals surface area contributed by atoms with Crippen molar-refractivity contribution in [1.82, 2.24) is 5.32 Å². The Morgan fingerprint density at radius 1 is 1.11 bits per heavy atom. The Kier molecular flexibility index (Phi) is 6.18. The first kappa shape index (κ1) is 15.0. The van der Waals surface area contributed by atoms with E-state index in [0.29, 0.717) is 18.7 Å². The average molecular weight is 324 g/mol. The van der Waals surface area contributed by atoms with E-state index < -0.39 is 23.4 Å². The molecular weight excluding hydrogens is 311 g/mol. The molecule has 1 aromatic rings. The first-order chi connectivity index (χ1) is 8.56. The van der Waals surface area contributed by atoms with Crippen LogP contribution in [0.4, 0.5) is 13.2 Å². The summed E-state index contributed by atoms with van der Waals surface area (Å²) in [7, 11) is 0. The Morgan fingerprint density at radius 2 is 1.72 bits per heavy atom. The van der Waals surface area contributed by atoms with E-state index in [0.717, 1.165) is 24.6 Å². The van der Waals surface area contributed by atoms with Crippen LogP contribution >= 0.6 is 15.9 Å². The fraction of sp³-hybridized carbons (Fsp3) is 0.417. The van der Waals surface area contributed by atoms with Gasteiger partial charge >= 0.3 is 0 Å². The maximum atomic E-state index is 12.9. The highest BCUT2D eigenvalue weighted by Gasteiger charge is 2.14. The van der Waals surface area contributed by atoms with Gasteiger partial charge in [0.05, 0.1) is 0 Å². The molecule has 0 saturated carbocycles. The normalized spacial score (nSPS) is 10.4. The van der Waals surface area contributed by atoms with Crippen LogP contribution in [0, 0.1) is 17.5 Å². The first-order valence-electron chi connectivity index (χ1n) is 5.55. The first-order valence-corrected chi connectivity index (χ1v) is 6.67. The third kappa shape index (κ3) is 4.33. The predicted octanol–water partition coefficient (Wildman–Crippen LogP) is 3.40. The van der Waals surface area contributed by atoms with E-state index in [4.69, 9.17) is 0 Å². The number of unbranched alkanes of at least 4 members (excludes halogenated alkanes) is 2. The van der Waals surface area contributed by atoms with Crippen molar-refractivity contribution in [1.29, 1.82) is 0 Å². The quantitative estimate of drug-likeness (QED) is 0.485. The molecule has 0 saturated heterocycles. The van der Waals surface area contributed by atoms with Gasteiger partial charge in [-0.3, -0.25) is 4.79 Å². The second kappa shape index (κ2) is 7.41. The van der Waals surface area contributed by atoms with Crippen LogP contribution in [0.2, 0.25) is 0 Å². The lowest BCUT2D eigenvalue weighted by molar-refractivity contribution is 0.0952. The zero-order valence-corrected chi connectivity index (χ0v) is 11.2. The van der Waals surface area contributed by atoms with E-state index in [-0.39, 0.29) is 5.56 Å². The minimum absolute atomic E-state index is 0.216. The van der Waals surface area contributed by atoms with Crippen molar-refractivity contribution < 1.29 is 18.0 Å². The van der Waals surface area contributed by atoms with Gasteiger partial charge in [-0.2, -0.15) is 0 Å². The number of benzene rings is 1. The van der Waals surface area contributed by atoms with Gasteiger partial charge in [0.2, 0.25) is 0 Å². The molecule has 0 bridgehead atoms. The van der Waals surface area contributed by atoms with Gasteiger partial charge in [-0.1, -0.05) is 22.4 Å². The number of nitrogens with one attached hydrogen (secondary N) is 1. The van der Waals surface area contributed by atoms with E-state index in [1.165, 1.54) is 0 Å². The maximum Gasteiger partial charge on any atom is 0.251 e. The summed E-state index contributed by atoms with van der Waals surface area (Å²) in [6.45, 7) is 0.423. The summed E-state index contributed by atoms with van der Waals surface area (Å²) in [6.07, 6.45) is 2.72. The van der Waals surface area contributed by atoms with Crippen molar-refractivity contribution in [3.63, 3.8) is 0 Å². The third-order valence-electron chi connectivity index (χ3n) is 2.34. The Morgan fingerprint density at radius 3 is 2.28 bits per heavy atom. The van der Waals surface area contributed by atoms with Gasteiger partial charge in [0.25, 0.3) is 5.91 Å². The van der Waals surface area contributed by atoms with Crippen molar-refractivity contribution in [2.75, 3.05) is 11.9 Å². The average Bonchev–Trinajstić information content (AvgIpc) is 2.34. The molecule has 1 amide bonds. The van der Waals surface area contributed by atoms with Crippen LogP contribution in [0.25, 0.3) is 0 Å². The molecule has 0 fully saturated rings. The molecule has 2 nitrogen and oxygen atoms in total. The van der Waals surface area contributed by atoms with Gasteiger partial charge in [0, 0.05) is 17.4 Å². The Labute approximate surface area is 112 Å². The van der Waals surface area contributed by atoms with Crippen LogP contribution < -0.4 is 5.32 Å². The molecule has 18 heavy (non-hydrogen) atoms. The smallest absolute Gasteiger partial charge is 0.251 e. The summed E-state index contributed by atoms with van der Waals surface area (Å²) in [5.41, 5.74) is -0.216. The molecular formula is C12H13BrF3NO. The summed E-state index contributed by atoms with van der Waals surface area (Å²) in [4.78, 5) is 11.5. The van der Waals surface area contributed by atoms with Gasteiger partial charge in [0.1, 0.15) is 0 Å². The zero-order valence-electron chi connectivity index (χ0n) is 9.61. The van der Waals surface area contributed by atoms with Crippen LogP contribution in [-0.2, 0) is 0 Å². The van der Waals surface area contributed by atoms with Gasteiger partial charge in [0.15, 0.2) is 17.5 Å². The second-order valence-corrected chi connectivity index (χ2v) is 4.55. The molecule has 1 rings (SSSR count). The zero-order chi connectivity index (χ0) is 13.5. The van der Waals surface area contributed by atoms with E-state index >= 15 is 0 Å². The number of halogens is 4. The summed E-state index contributed by atoms with van der Waals surface area (Å²) in [6, 6.07) is 1.37. The molecule has 0 spiro atoms. The minimum Gasteiger partial charge on any atom is -0.352 e. The van der Waals surface area contributed by atoms with Crippen molar-refractivity contribution in [2.24, 2.45) is 0 Å². The number of hydrogen-bond acceptors (Lipinski definition) is 1. The molecule has 1 aromatic carbocycles. The topological polar surface area (TPSA) is 29.1 Å². The van der Waals surface area contributed by atoms with Crippen LogP contribution in [0.5, 0.6) is 0 Å². The highest BCUT2D eigenvalue weighted by molar-refractivity contribution is 9.09. The molecule has 0 aliphatic carbocycles. The number of rotatable bonds is 6. The summed E-state index contributed by atoms with van der Waals surface area (Å²) in [5, 5.41) is 3.42. The van der Waals surface area contributed by atoms with Crippen molar-refractivity contribution in [2.45, 2.75) is 19.3 Å². The molecule has 0 radical (unpaired) electrons. The largest absolute Gasteiger partial charge is 0.352 e. The summed E-state index contributed by atoms with van der Waals surface area (Å²) in [5.74, 6) is -4.89. The monoisotopic (exact) mass is 323 g/mol. The lowest BCUT2D eigenvalue weighted by Crippen LogP contribution is -2.24. The Hall–Kier alpha value is -1.04. The molecule has 0 unspecified atom stereocenters. The fourth-order valence-electron chi connectivity index (χ4n) is 1.39. The summed E-state index contributed by atoms with van der Waals surface area (Å²) < 4.78 is 38.5. The standard InChI is InChI=1S/C12H13BrF3NO/c13-4-2-1-3-5-17-12(18)8-6-9(14)11(16)10(15)7-8/h6-7H,1-5H2,(H,17,18). The van der Waals surface area contributed by atoms with Crippen LogP contribution in [0.1, 0.15) is 29.6 Å². The van der Waals surface area contributed by atoms with Crippen molar-refractivity contribution in [3.8, 4) is 0 Å². The molecule has 6 heteroatoms. The number of carbonyl (C=O) groups excluding carboxylic acids is 1. The maximum absolute atomic E-state index is 12.9. The van der Waals surface area contributed by atoms with E-state index in [2.05, 4.69) is 21.2 Å². The van der Waals surface area contributed by atoms with Gasteiger partial charge in [-0.05, 0) is 25.0 Å². The highest BCUT2D eigenvalue weighted by atomic mass is 79.9. The second-order valence-electron chi connectivity index (χ2n) is 3.76. The molecule has 0 aliphatic rings. The van der Waals surface area contributed by atoms with Crippen molar-refractivity contribution in [3.05, 3.63) is 35.1 Å². The molecule has 0 atom stereocenters. The highest BCUT2D eigenvalue weighted by Crippen LogP contribution is 2.13. The van der Waals surface area contributed by atoms with Crippen LogP contribution in [0.3, 0.4) is 0 Å². The lowest BCUT2D eigenvalue weighted by atomic mass is 10.2. The van der Waals surface area contributed by atoms with Crippen molar-refractivity contribution >= 4 is 21.8 Å². The minimum atomic E-state index is -1.57. The summed E-state index contributed by atoms with van der Waals surface area (Å²) >= 11 is 3.28. The number of hydrogen-bond donors (Lipinski definition) is 1. The van der Waals surface area contributed by atoms with Crippen LogP contribution in [-0.4, -0.2) is 17.8 Å². The SMILES string of the molecule is O=C(NCCCCCBr)c1cc(F)c(F)c(F)c1. The molecule has 0 aliphatic heterocycles. The van der Waals surface area contributed by atoms with Gasteiger partial charge in [-0.25, -0.2) is 13.2 Å². The molecule has 100 valence electrons.